The molecular weight excluding hydrogens is 414 g/mol. The summed E-state index contributed by atoms with van der Waals surface area (Å²) in [6, 6.07) is 20.3. The SMILES string of the molecule is O=S(=O)(CC[Se]c1ccccc1)CC[Se]c1ccccc1. The molecule has 0 bridgehead atoms. The molecule has 2 nitrogen and oxygen atoms in total. The maximum atomic E-state index is 12.0. The second kappa shape index (κ2) is 8.77. The summed E-state index contributed by atoms with van der Waals surface area (Å²) in [5.41, 5.74) is 0. The normalized spacial score (nSPS) is 11.4. The van der Waals surface area contributed by atoms with Gasteiger partial charge in [-0.2, -0.15) is 0 Å². The van der Waals surface area contributed by atoms with E-state index in [2.05, 4.69) is 24.3 Å². The van der Waals surface area contributed by atoms with Crippen molar-refractivity contribution in [1.29, 1.82) is 0 Å². The Hall–Kier alpha value is -0.571. The summed E-state index contributed by atoms with van der Waals surface area (Å²) in [6.07, 6.45) is 0. The topological polar surface area (TPSA) is 34.1 Å². The van der Waals surface area contributed by atoms with Gasteiger partial charge in [-0.15, -0.1) is 0 Å². The van der Waals surface area contributed by atoms with Gasteiger partial charge in [0.1, 0.15) is 0 Å². The Morgan fingerprint density at radius 3 is 1.43 bits per heavy atom. The minimum atomic E-state index is -2.89. The third-order valence-corrected chi connectivity index (χ3v) is 9.89. The van der Waals surface area contributed by atoms with Crippen LogP contribution in [0.1, 0.15) is 0 Å². The quantitative estimate of drug-likeness (QED) is 0.590. The van der Waals surface area contributed by atoms with Crippen LogP contribution >= 0.6 is 0 Å². The van der Waals surface area contributed by atoms with E-state index in [0.29, 0.717) is 11.5 Å². The average molecular weight is 432 g/mol. The maximum absolute atomic E-state index is 12.0. The monoisotopic (exact) mass is 434 g/mol. The van der Waals surface area contributed by atoms with Crippen molar-refractivity contribution in [1.82, 2.24) is 0 Å². The van der Waals surface area contributed by atoms with Crippen molar-refractivity contribution in [3.63, 3.8) is 0 Å². The molecule has 0 aliphatic carbocycles. The summed E-state index contributed by atoms with van der Waals surface area (Å²) in [4.78, 5) is 0. The van der Waals surface area contributed by atoms with Gasteiger partial charge < -0.3 is 0 Å². The fourth-order valence-electron chi connectivity index (χ4n) is 1.71. The molecule has 0 saturated carbocycles. The standard InChI is InChI=1S/C16H18O2SSe2/c17-19(18,11-13-20-15-7-3-1-4-8-15)12-14-21-16-9-5-2-6-10-16/h1-10H,11-14H2. The van der Waals surface area contributed by atoms with E-state index in [1.54, 1.807) is 0 Å². The van der Waals surface area contributed by atoms with Crippen LogP contribution in [0.15, 0.2) is 60.7 Å². The zero-order valence-corrected chi connectivity index (χ0v) is 15.9. The summed E-state index contributed by atoms with van der Waals surface area (Å²) in [6.45, 7) is 0. The van der Waals surface area contributed by atoms with Gasteiger partial charge in [0, 0.05) is 0 Å². The average Bonchev–Trinajstić information content (AvgIpc) is 2.49. The van der Waals surface area contributed by atoms with Crippen molar-refractivity contribution in [2.45, 2.75) is 10.6 Å². The first-order valence-corrected chi connectivity index (χ1v) is 12.7. The van der Waals surface area contributed by atoms with Crippen LogP contribution in [0.2, 0.25) is 10.6 Å². The fourth-order valence-corrected chi connectivity index (χ4v) is 9.29. The Kier molecular flexibility index (Phi) is 7.01. The van der Waals surface area contributed by atoms with Gasteiger partial charge >= 0.3 is 140 Å². The first-order valence-electron chi connectivity index (χ1n) is 6.72. The van der Waals surface area contributed by atoms with Gasteiger partial charge in [0.25, 0.3) is 0 Å². The Bertz CT molecular complexity index is 576. The fraction of sp³-hybridized carbons (Fsp3) is 0.250. The summed E-state index contributed by atoms with van der Waals surface area (Å²) < 4.78 is 26.6. The van der Waals surface area contributed by atoms with Gasteiger partial charge in [-0.1, -0.05) is 0 Å². The minimum absolute atomic E-state index is 0.263. The Labute approximate surface area is 139 Å². The molecular formula is C16H18O2SSe2. The molecule has 2 aromatic rings. The molecule has 112 valence electrons. The van der Waals surface area contributed by atoms with Crippen LogP contribution in [0, 0.1) is 0 Å². The Balaban J connectivity index is 1.70. The molecule has 0 amide bonds. The van der Waals surface area contributed by atoms with E-state index in [1.165, 1.54) is 8.92 Å². The summed E-state index contributed by atoms with van der Waals surface area (Å²) >= 11 is 0.526. The first-order chi connectivity index (χ1) is 10.2. The molecule has 2 aromatic carbocycles. The van der Waals surface area contributed by atoms with Crippen molar-refractivity contribution in [2.75, 3.05) is 11.5 Å². The van der Waals surface area contributed by atoms with Crippen molar-refractivity contribution in [3.8, 4) is 0 Å². The van der Waals surface area contributed by atoms with Crippen LogP contribution in [0.4, 0.5) is 0 Å². The Morgan fingerprint density at radius 1 is 0.667 bits per heavy atom. The van der Waals surface area contributed by atoms with Crippen molar-refractivity contribution in [2.24, 2.45) is 0 Å². The second-order valence-corrected chi connectivity index (χ2v) is 11.7. The van der Waals surface area contributed by atoms with E-state index in [9.17, 15) is 8.42 Å². The molecule has 0 saturated heterocycles. The van der Waals surface area contributed by atoms with E-state index in [-0.39, 0.29) is 29.9 Å². The summed E-state index contributed by atoms with van der Waals surface area (Å²) in [7, 11) is -2.89. The molecule has 0 atom stereocenters. The van der Waals surface area contributed by atoms with Crippen LogP contribution < -0.4 is 8.92 Å². The van der Waals surface area contributed by atoms with Crippen molar-refractivity contribution < 1.29 is 8.42 Å². The molecule has 21 heavy (non-hydrogen) atoms. The van der Waals surface area contributed by atoms with Crippen molar-refractivity contribution >= 4 is 48.7 Å². The van der Waals surface area contributed by atoms with E-state index in [4.69, 9.17) is 0 Å². The number of hydrogen-bond acceptors (Lipinski definition) is 2. The predicted molar refractivity (Wildman–Crippen MR) is 91.9 cm³/mol. The van der Waals surface area contributed by atoms with Gasteiger partial charge in [-0.3, -0.25) is 0 Å². The third-order valence-electron chi connectivity index (χ3n) is 2.81. The van der Waals surface area contributed by atoms with Gasteiger partial charge in [-0.05, 0) is 0 Å². The third kappa shape index (κ3) is 6.81. The van der Waals surface area contributed by atoms with E-state index in [1.807, 2.05) is 36.4 Å². The van der Waals surface area contributed by atoms with Crippen LogP contribution in [-0.2, 0) is 9.84 Å². The van der Waals surface area contributed by atoms with Gasteiger partial charge in [0.15, 0.2) is 0 Å². The van der Waals surface area contributed by atoms with E-state index in [0.717, 1.165) is 10.6 Å². The predicted octanol–water partition coefficient (Wildman–Crippen LogP) is 1.30. The molecule has 2 rings (SSSR count). The van der Waals surface area contributed by atoms with E-state index < -0.39 is 9.84 Å². The molecule has 5 heteroatoms. The molecule has 0 aromatic heterocycles. The molecule has 0 spiro atoms. The molecule has 0 radical (unpaired) electrons. The number of hydrogen-bond donors (Lipinski definition) is 0. The zero-order chi connectivity index (χ0) is 15.0. The van der Waals surface area contributed by atoms with Crippen LogP contribution in [-0.4, -0.2) is 49.8 Å². The summed E-state index contributed by atoms with van der Waals surface area (Å²) in [5.74, 6) is 0.652. The molecule has 0 aliphatic rings. The van der Waals surface area contributed by atoms with E-state index >= 15 is 0 Å². The van der Waals surface area contributed by atoms with Gasteiger partial charge in [0.05, 0.1) is 0 Å². The summed E-state index contributed by atoms with van der Waals surface area (Å²) in [5, 5.41) is 1.55. The number of sulfone groups is 1. The second-order valence-electron chi connectivity index (χ2n) is 4.47. The van der Waals surface area contributed by atoms with Crippen LogP contribution in [0.25, 0.3) is 0 Å². The van der Waals surface area contributed by atoms with Crippen LogP contribution in [0.5, 0.6) is 0 Å². The van der Waals surface area contributed by atoms with Crippen molar-refractivity contribution in [3.05, 3.63) is 60.7 Å². The first kappa shape index (κ1) is 16.8. The molecule has 0 aliphatic heterocycles. The Morgan fingerprint density at radius 2 is 1.05 bits per heavy atom. The molecule has 0 unspecified atom stereocenters. The molecule has 0 fully saturated rings. The zero-order valence-electron chi connectivity index (χ0n) is 11.6. The molecule has 0 heterocycles. The van der Waals surface area contributed by atoms with Gasteiger partial charge in [-0.25, -0.2) is 0 Å². The number of benzene rings is 2. The van der Waals surface area contributed by atoms with Gasteiger partial charge in [0.2, 0.25) is 0 Å². The number of rotatable bonds is 8. The molecule has 0 N–H and O–H groups in total. The van der Waals surface area contributed by atoms with Crippen LogP contribution in [0.3, 0.4) is 0 Å².